The number of aliphatic hydroxyl groups is 1. The molecule has 1 N–H and O–H groups in total. The van der Waals surface area contributed by atoms with Crippen LogP contribution in [0.4, 0.5) is 10.1 Å². The average Bonchev–Trinajstić information content (AvgIpc) is 3.28. The predicted molar refractivity (Wildman–Crippen MR) is 132 cm³/mol. The lowest BCUT2D eigenvalue weighted by atomic mass is 9.95. The van der Waals surface area contributed by atoms with E-state index < -0.39 is 6.10 Å². The normalized spacial score (nSPS) is 21.0. The number of aromatic nitrogens is 2. The van der Waals surface area contributed by atoms with E-state index in [1.165, 1.54) is 6.07 Å². The fourth-order valence-electron chi connectivity index (χ4n) is 5.04. The van der Waals surface area contributed by atoms with Crippen LogP contribution in [0, 0.1) is 5.82 Å². The summed E-state index contributed by atoms with van der Waals surface area (Å²) in [4.78, 5) is 22.6. The van der Waals surface area contributed by atoms with E-state index in [2.05, 4.69) is 26.6 Å². The first kappa shape index (κ1) is 23.1. The average molecular weight is 481 g/mol. The van der Waals surface area contributed by atoms with Gasteiger partial charge in [-0.2, -0.15) is 0 Å². The van der Waals surface area contributed by atoms with Crippen molar-refractivity contribution in [3.8, 4) is 0 Å². The van der Waals surface area contributed by atoms with E-state index in [0.717, 1.165) is 41.4 Å². The van der Waals surface area contributed by atoms with E-state index >= 15 is 0 Å². The number of thioether (sulfide) groups is 1. The third-order valence-electron chi connectivity index (χ3n) is 6.81. The maximum atomic E-state index is 13.9. The summed E-state index contributed by atoms with van der Waals surface area (Å²) in [6, 6.07) is 14.7. The highest BCUT2D eigenvalue weighted by Crippen LogP contribution is 2.37. The molecule has 1 fully saturated rings. The number of anilines is 1. The second-order valence-corrected chi connectivity index (χ2v) is 9.79. The van der Waals surface area contributed by atoms with Crippen LogP contribution in [0.3, 0.4) is 0 Å². The lowest BCUT2D eigenvalue weighted by molar-refractivity contribution is -0.121. The van der Waals surface area contributed by atoms with Crippen molar-refractivity contribution in [2.24, 2.45) is 0 Å². The number of hydrogen-bond donors (Lipinski definition) is 1. The second-order valence-electron chi connectivity index (χ2n) is 8.91. The van der Waals surface area contributed by atoms with Crippen molar-refractivity contribution in [1.82, 2.24) is 14.5 Å². The molecule has 1 amide bonds. The number of fused-ring (bicyclic) bond motifs is 1. The van der Waals surface area contributed by atoms with Gasteiger partial charge in [-0.25, -0.2) is 9.37 Å². The molecule has 0 saturated carbocycles. The van der Waals surface area contributed by atoms with Crippen molar-refractivity contribution < 1.29 is 14.3 Å². The molecule has 8 heteroatoms. The van der Waals surface area contributed by atoms with Crippen LogP contribution in [0.1, 0.15) is 42.1 Å². The fraction of sp³-hybridized carbons (Fsp3) is 0.385. The van der Waals surface area contributed by atoms with Crippen LogP contribution in [0.15, 0.2) is 59.6 Å². The Hall–Kier alpha value is -2.68. The van der Waals surface area contributed by atoms with Gasteiger partial charge in [0.25, 0.3) is 0 Å². The minimum absolute atomic E-state index is 0.0474. The molecule has 2 atom stereocenters. The van der Waals surface area contributed by atoms with Crippen molar-refractivity contribution >= 4 is 23.4 Å². The quantitative estimate of drug-likeness (QED) is 0.540. The Morgan fingerprint density at radius 3 is 2.79 bits per heavy atom. The molecule has 1 aromatic heterocycles. The molecule has 1 saturated heterocycles. The van der Waals surface area contributed by atoms with Crippen LogP contribution in [0.25, 0.3) is 0 Å². The molecule has 0 spiro atoms. The third kappa shape index (κ3) is 4.62. The third-order valence-corrected chi connectivity index (χ3v) is 7.53. The predicted octanol–water partition coefficient (Wildman–Crippen LogP) is 4.05. The molecule has 2 aliphatic rings. The smallest absolute Gasteiger partial charge is 0.241 e. The van der Waals surface area contributed by atoms with Gasteiger partial charge in [0.15, 0.2) is 0 Å². The van der Waals surface area contributed by atoms with Gasteiger partial charge in [-0.05, 0) is 55.0 Å². The number of aliphatic hydroxyl groups excluding tert-OH is 1. The molecule has 2 aromatic carbocycles. The fourth-order valence-corrected chi connectivity index (χ4v) is 5.50. The molecule has 5 rings (SSSR count). The largest absolute Gasteiger partial charge is 0.385 e. The standard InChI is InChI=1S/C26H29FN4O2S/c1-34-22-7-3-6-20(15-22)30-13-12-29(17-25(30)33)11-10-21-16-28-26-24(32)9-8-23(31(21)26)18-4-2-5-19(27)14-18/h2-7,14-16,23-24,32H,8-13,17H2,1H3. The van der Waals surface area contributed by atoms with Gasteiger partial charge in [-0.1, -0.05) is 18.2 Å². The van der Waals surface area contributed by atoms with Gasteiger partial charge >= 0.3 is 0 Å². The molecule has 178 valence electrons. The molecule has 3 heterocycles. The van der Waals surface area contributed by atoms with Crippen molar-refractivity contribution in [1.29, 1.82) is 0 Å². The first-order chi connectivity index (χ1) is 16.5. The number of hydrogen-bond acceptors (Lipinski definition) is 5. The Bertz CT molecular complexity index is 1180. The summed E-state index contributed by atoms with van der Waals surface area (Å²) >= 11 is 1.67. The zero-order valence-corrected chi connectivity index (χ0v) is 20.0. The van der Waals surface area contributed by atoms with Gasteiger partial charge in [-0.15, -0.1) is 11.8 Å². The molecule has 3 aromatic rings. The maximum absolute atomic E-state index is 13.9. The van der Waals surface area contributed by atoms with E-state index in [9.17, 15) is 14.3 Å². The summed E-state index contributed by atoms with van der Waals surface area (Å²) < 4.78 is 16.0. The second kappa shape index (κ2) is 9.90. The monoisotopic (exact) mass is 480 g/mol. The molecule has 2 aliphatic heterocycles. The van der Waals surface area contributed by atoms with Crippen LogP contribution < -0.4 is 4.90 Å². The molecular weight excluding hydrogens is 451 g/mol. The number of carbonyl (C=O) groups excluding carboxylic acids is 1. The van der Waals surface area contributed by atoms with Crippen LogP contribution >= 0.6 is 11.8 Å². The maximum Gasteiger partial charge on any atom is 0.241 e. The molecule has 0 bridgehead atoms. The SMILES string of the molecule is CSc1cccc(N2CCN(CCc3cnc4n3C(c3cccc(F)c3)CCC4O)CC2=O)c1. The highest BCUT2D eigenvalue weighted by atomic mass is 32.2. The Balaban J connectivity index is 1.28. The number of amides is 1. The number of halogens is 1. The summed E-state index contributed by atoms with van der Waals surface area (Å²) in [5.41, 5.74) is 2.85. The zero-order chi connectivity index (χ0) is 23.7. The number of piperazine rings is 1. The summed E-state index contributed by atoms with van der Waals surface area (Å²) in [6.07, 6.45) is 5.29. The lowest BCUT2D eigenvalue weighted by Crippen LogP contribution is -2.51. The summed E-state index contributed by atoms with van der Waals surface area (Å²) in [5.74, 6) is 0.490. The molecule has 6 nitrogen and oxygen atoms in total. The Morgan fingerprint density at radius 2 is 2.00 bits per heavy atom. The van der Waals surface area contributed by atoms with Crippen molar-refractivity contribution in [2.45, 2.75) is 36.3 Å². The van der Waals surface area contributed by atoms with Crippen molar-refractivity contribution in [2.75, 3.05) is 37.3 Å². The lowest BCUT2D eigenvalue weighted by Gasteiger charge is -2.35. The van der Waals surface area contributed by atoms with E-state index in [0.29, 0.717) is 31.8 Å². The van der Waals surface area contributed by atoms with Gasteiger partial charge in [0, 0.05) is 48.5 Å². The van der Waals surface area contributed by atoms with Gasteiger partial charge in [0.2, 0.25) is 5.91 Å². The van der Waals surface area contributed by atoms with E-state index in [1.807, 2.05) is 35.6 Å². The van der Waals surface area contributed by atoms with E-state index in [-0.39, 0.29) is 17.8 Å². The van der Waals surface area contributed by atoms with Gasteiger partial charge in [-0.3, -0.25) is 9.69 Å². The van der Waals surface area contributed by atoms with Gasteiger partial charge in [0.1, 0.15) is 17.7 Å². The highest BCUT2D eigenvalue weighted by Gasteiger charge is 2.31. The number of rotatable bonds is 6. The first-order valence-electron chi connectivity index (χ1n) is 11.7. The molecular formula is C26H29FN4O2S. The van der Waals surface area contributed by atoms with Gasteiger partial charge < -0.3 is 14.6 Å². The molecule has 0 aliphatic carbocycles. The molecule has 2 unspecified atom stereocenters. The van der Waals surface area contributed by atoms with E-state index in [4.69, 9.17) is 0 Å². The van der Waals surface area contributed by atoms with E-state index in [1.54, 1.807) is 23.9 Å². The van der Waals surface area contributed by atoms with Crippen LogP contribution in [0.5, 0.6) is 0 Å². The number of nitrogens with zero attached hydrogens (tertiary/aromatic N) is 4. The molecule has 0 radical (unpaired) electrons. The number of benzene rings is 2. The van der Waals surface area contributed by atoms with Crippen molar-refractivity contribution in [3.63, 3.8) is 0 Å². The zero-order valence-electron chi connectivity index (χ0n) is 19.2. The summed E-state index contributed by atoms with van der Waals surface area (Å²) in [5, 5.41) is 10.5. The van der Waals surface area contributed by atoms with Crippen LogP contribution in [0.2, 0.25) is 0 Å². The highest BCUT2D eigenvalue weighted by molar-refractivity contribution is 7.98. The Morgan fingerprint density at radius 1 is 1.15 bits per heavy atom. The summed E-state index contributed by atoms with van der Waals surface area (Å²) in [6.45, 7) is 2.56. The van der Waals surface area contributed by atoms with Gasteiger partial charge in [0.05, 0.1) is 12.6 Å². The number of imidazole rings is 1. The first-order valence-corrected chi connectivity index (χ1v) is 12.9. The van der Waals surface area contributed by atoms with Crippen molar-refractivity contribution in [3.05, 3.63) is 77.6 Å². The minimum Gasteiger partial charge on any atom is -0.385 e. The van der Waals surface area contributed by atoms with Crippen LogP contribution in [-0.2, 0) is 11.2 Å². The summed E-state index contributed by atoms with van der Waals surface area (Å²) in [7, 11) is 0. The topological polar surface area (TPSA) is 61.6 Å². The number of carbonyl (C=O) groups is 1. The van der Waals surface area contributed by atoms with Crippen LogP contribution in [-0.4, -0.2) is 57.9 Å². The Kier molecular flexibility index (Phi) is 6.72. The minimum atomic E-state index is -0.610. The Labute approximate surface area is 203 Å². The molecule has 34 heavy (non-hydrogen) atoms.